The largest absolute Gasteiger partial charge is 0.444 e. The molecule has 1 heterocycles. The third-order valence-electron chi connectivity index (χ3n) is 1.53. The van der Waals surface area contributed by atoms with Crippen LogP contribution in [0.1, 0.15) is 20.8 Å². The van der Waals surface area contributed by atoms with Gasteiger partial charge in [-0.2, -0.15) is 0 Å². The number of alkyl carbamates (subject to hydrolysis) is 1. The van der Waals surface area contributed by atoms with Crippen LogP contribution in [0.15, 0.2) is 0 Å². The molecule has 1 saturated heterocycles. The van der Waals surface area contributed by atoms with Crippen molar-refractivity contribution < 1.29 is 14.3 Å². The van der Waals surface area contributed by atoms with Crippen LogP contribution in [-0.4, -0.2) is 30.2 Å². The Bertz CT molecular complexity index is 247. The van der Waals surface area contributed by atoms with Crippen molar-refractivity contribution >= 4 is 12.0 Å². The Hall–Kier alpha value is -1.30. The maximum absolute atomic E-state index is 11.2. The number of nitrogens with one attached hydrogen (secondary N) is 3. The molecule has 80 valence electrons. The number of rotatable bonds is 1. The summed E-state index contributed by atoms with van der Waals surface area (Å²) in [6.45, 7) is 5.66. The van der Waals surface area contributed by atoms with Crippen LogP contribution in [0.5, 0.6) is 0 Å². The average molecular weight is 201 g/mol. The summed E-state index contributed by atoms with van der Waals surface area (Å²) in [5, 5.41) is 2.45. The molecule has 0 aromatic rings. The molecule has 2 amide bonds. The van der Waals surface area contributed by atoms with Crippen LogP contribution in [0.3, 0.4) is 0 Å². The van der Waals surface area contributed by atoms with E-state index >= 15 is 0 Å². The summed E-state index contributed by atoms with van der Waals surface area (Å²) in [5.74, 6) is -0.254. The van der Waals surface area contributed by atoms with E-state index in [1.165, 1.54) is 0 Å². The molecule has 1 aliphatic heterocycles. The molecule has 0 saturated carbocycles. The standard InChI is InChI=1S/C8H15N3O3/c1-8(2,3)14-7(13)10-5-4-9-11-6(5)12/h5,9H,4H2,1-3H3,(H,10,13)(H,11,12). The molecule has 1 unspecified atom stereocenters. The molecular formula is C8H15N3O3. The Morgan fingerprint density at radius 1 is 1.57 bits per heavy atom. The van der Waals surface area contributed by atoms with Gasteiger partial charge in [0.1, 0.15) is 11.6 Å². The minimum absolute atomic E-state index is 0.254. The molecule has 6 nitrogen and oxygen atoms in total. The van der Waals surface area contributed by atoms with Gasteiger partial charge in [-0.15, -0.1) is 0 Å². The Morgan fingerprint density at radius 3 is 2.64 bits per heavy atom. The van der Waals surface area contributed by atoms with Crippen LogP contribution in [0.2, 0.25) is 0 Å². The molecule has 0 radical (unpaired) electrons. The number of amides is 2. The zero-order valence-electron chi connectivity index (χ0n) is 8.51. The van der Waals surface area contributed by atoms with Crippen LogP contribution in [0.25, 0.3) is 0 Å². The SMILES string of the molecule is CC(C)(C)OC(=O)NC1CNNC1=O. The topological polar surface area (TPSA) is 79.5 Å². The van der Waals surface area contributed by atoms with Gasteiger partial charge >= 0.3 is 6.09 Å². The van der Waals surface area contributed by atoms with Gasteiger partial charge in [-0.05, 0) is 20.8 Å². The van der Waals surface area contributed by atoms with Gasteiger partial charge in [-0.25, -0.2) is 10.2 Å². The molecule has 0 aliphatic carbocycles. The number of hydrazine groups is 1. The fourth-order valence-corrected chi connectivity index (χ4v) is 0.986. The lowest BCUT2D eigenvalue weighted by Gasteiger charge is -2.20. The van der Waals surface area contributed by atoms with E-state index in [1.807, 2.05) is 0 Å². The first-order chi connectivity index (χ1) is 6.38. The zero-order chi connectivity index (χ0) is 10.8. The molecule has 1 fully saturated rings. The highest BCUT2D eigenvalue weighted by molar-refractivity contribution is 5.87. The first kappa shape index (κ1) is 10.8. The summed E-state index contributed by atoms with van der Waals surface area (Å²) in [6, 6.07) is -0.551. The number of hydrogen-bond donors (Lipinski definition) is 3. The average Bonchev–Trinajstić information content (AvgIpc) is 2.32. The first-order valence-electron chi connectivity index (χ1n) is 4.41. The first-order valence-corrected chi connectivity index (χ1v) is 4.41. The summed E-state index contributed by atoms with van der Waals surface area (Å²) in [4.78, 5) is 22.3. The van der Waals surface area contributed by atoms with Crippen molar-refractivity contribution in [3.8, 4) is 0 Å². The molecule has 1 aliphatic rings. The summed E-state index contributed by atoms with van der Waals surface area (Å²) >= 11 is 0. The third kappa shape index (κ3) is 3.21. The van der Waals surface area contributed by atoms with Gasteiger partial charge in [0, 0.05) is 6.54 Å². The Morgan fingerprint density at radius 2 is 2.21 bits per heavy atom. The lowest BCUT2D eigenvalue weighted by Crippen LogP contribution is -2.44. The summed E-state index contributed by atoms with van der Waals surface area (Å²) in [5.41, 5.74) is 4.45. The van der Waals surface area contributed by atoms with Crippen molar-refractivity contribution in [3.05, 3.63) is 0 Å². The Balaban J connectivity index is 2.37. The number of carbonyl (C=O) groups excluding carboxylic acids is 2. The van der Waals surface area contributed by atoms with Gasteiger partial charge in [0.05, 0.1) is 0 Å². The van der Waals surface area contributed by atoms with E-state index in [0.29, 0.717) is 6.54 Å². The monoisotopic (exact) mass is 201 g/mol. The second kappa shape index (κ2) is 3.83. The number of carbonyl (C=O) groups is 2. The van der Waals surface area contributed by atoms with Gasteiger partial charge in [0.15, 0.2) is 0 Å². The van der Waals surface area contributed by atoms with Crippen molar-refractivity contribution in [1.82, 2.24) is 16.2 Å². The molecule has 1 rings (SSSR count). The second-order valence-corrected chi connectivity index (χ2v) is 4.07. The second-order valence-electron chi connectivity index (χ2n) is 4.07. The minimum atomic E-state index is -0.582. The lowest BCUT2D eigenvalue weighted by atomic mass is 10.2. The molecule has 0 bridgehead atoms. The van der Waals surface area contributed by atoms with E-state index in [4.69, 9.17) is 4.74 Å². The van der Waals surface area contributed by atoms with Gasteiger partial charge in [-0.1, -0.05) is 0 Å². The van der Waals surface area contributed by atoms with Crippen molar-refractivity contribution in [2.75, 3.05) is 6.54 Å². The van der Waals surface area contributed by atoms with Crippen LogP contribution in [0.4, 0.5) is 4.79 Å². The molecular weight excluding hydrogens is 186 g/mol. The van der Waals surface area contributed by atoms with Crippen LogP contribution in [-0.2, 0) is 9.53 Å². The van der Waals surface area contributed by atoms with E-state index < -0.39 is 17.7 Å². The molecule has 0 aromatic heterocycles. The highest BCUT2D eigenvalue weighted by atomic mass is 16.6. The van der Waals surface area contributed by atoms with Gasteiger partial charge in [0.25, 0.3) is 5.91 Å². The number of ether oxygens (including phenoxy) is 1. The van der Waals surface area contributed by atoms with E-state index in [9.17, 15) is 9.59 Å². The Labute approximate surface area is 82.3 Å². The smallest absolute Gasteiger partial charge is 0.408 e. The summed E-state index contributed by atoms with van der Waals surface area (Å²) < 4.78 is 4.99. The molecule has 3 N–H and O–H groups in total. The molecule has 0 spiro atoms. The molecule has 1 atom stereocenters. The third-order valence-corrected chi connectivity index (χ3v) is 1.53. The fourth-order valence-electron chi connectivity index (χ4n) is 0.986. The van der Waals surface area contributed by atoms with Crippen LogP contribution < -0.4 is 16.2 Å². The highest BCUT2D eigenvalue weighted by Crippen LogP contribution is 2.06. The van der Waals surface area contributed by atoms with E-state index in [-0.39, 0.29) is 5.91 Å². The van der Waals surface area contributed by atoms with Gasteiger partial charge in [0.2, 0.25) is 0 Å². The van der Waals surface area contributed by atoms with Crippen LogP contribution >= 0.6 is 0 Å². The van der Waals surface area contributed by atoms with Crippen LogP contribution in [0, 0.1) is 0 Å². The minimum Gasteiger partial charge on any atom is -0.444 e. The summed E-state index contributed by atoms with van der Waals surface area (Å²) in [7, 11) is 0. The van der Waals surface area contributed by atoms with E-state index in [0.717, 1.165) is 0 Å². The number of hydrogen-bond acceptors (Lipinski definition) is 4. The normalized spacial score (nSPS) is 21.6. The van der Waals surface area contributed by atoms with Crippen molar-refractivity contribution in [2.24, 2.45) is 0 Å². The van der Waals surface area contributed by atoms with Gasteiger partial charge in [-0.3, -0.25) is 10.2 Å². The molecule has 6 heteroatoms. The van der Waals surface area contributed by atoms with E-state index in [1.54, 1.807) is 20.8 Å². The zero-order valence-corrected chi connectivity index (χ0v) is 8.51. The fraction of sp³-hybridized carbons (Fsp3) is 0.750. The molecule has 0 aromatic carbocycles. The van der Waals surface area contributed by atoms with Gasteiger partial charge < -0.3 is 10.1 Å². The maximum Gasteiger partial charge on any atom is 0.408 e. The maximum atomic E-state index is 11.2. The van der Waals surface area contributed by atoms with Crippen molar-refractivity contribution in [2.45, 2.75) is 32.4 Å². The predicted molar refractivity (Wildman–Crippen MR) is 49.3 cm³/mol. The predicted octanol–water partition coefficient (Wildman–Crippen LogP) is -0.486. The molecule has 14 heavy (non-hydrogen) atoms. The van der Waals surface area contributed by atoms with Crippen molar-refractivity contribution in [1.29, 1.82) is 0 Å². The summed E-state index contributed by atoms with van der Waals surface area (Å²) in [6.07, 6.45) is -0.582. The Kier molecular flexibility index (Phi) is 2.95. The lowest BCUT2D eigenvalue weighted by molar-refractivity contribution is -0.121. The quantitative estimate of drug-likeness (QED) is 0.535. The van der Waals surface area contributed by atoms with E-state index in [2.05, 4.69) is 16.2 Å². The van der Waals surface area contributed by atoms with Crippen molar-refractivity contribution in [3.63, 3.8) is 0 Å². The highest BCUT2D eigenvalue weighted by Gasteiger charge is 2.27.